The van der Waals surface area contributed by atoms with Crippen molar-refractivity contribution in [3.05, 3.63) is 62.9 Å². The van der Waals surface area contributed by atoms with Crippen LogP contribution in [0.3, 0.4) is 0 Å². The third-order valence-electron chi connectivity index (χ3n) is 4.19. The van der Waals surface area contributed by atoms with Gasteiger partial charge in [-0.15, -0.1) is 0 Å². The largest absolute Gasteiger partial charge is 0.493 e. The van der Waals surface area contributed by atoms with Crippen LogP contribution in [0.25, 0.3) is 0 Å². The van der Waals surface area contributed by atoms with Gasteiger partial charge in [0.25, 0.3) is 5.91 Å². The van der Waals surface area contributed by atoms with E-state index < -0.39 is 5.91 Å². The summed E-state index contributed by atoms with van der Waals surface area (Å²) in [5.41, 5.74) is 2.54. The number of methoxy groups -OCH3 is 2. The average molecular weight is 491 g/mol. The lowest BCUT2D eigenvalue weighted by Crippen LogP contribution is -2.19. The van der Waals surface area contributed by atoms with Gasteiger partial charge in [-0.05, 0) is 77.9 Å². The number of carbonyl (C=O) groups is 1. The Morgan fingerprint density at radius 2 is 1.89 bits per heavy atom. The van der Waals surface area contributed by atoms with E-state index in [-0.39, 0.29) is 11.6 Å². The summed E-state index contributed by atoms with van der Waals surface area (Å²) in [6, 6.07) is 13.0. The van der Waals surface area contributed by atoms with E-state index in [1.165, 1.54) is 6.20 Å². The van der Waals surface area contributed by atoms with Gasteiger partial charge >= 0.3 is 0 Å². The number of nitrogens with zero attached hydrogens (tertiary/aromatic N) is 1. The van der Waals surface area contributed by atoms with E-state index in [1.54, 1.807) is 14.2 Å². The summed E-state index contributed by atoms with van der Waals surface area (Å²) >= 11 is 2.21. The molecule has 0 spiro atoms. The number of ether oxygens (including phenoxy) is 2. The highest BCUT2D eigenvalue weighted by atomic mass is 127. The Balaban J connectivity index is 2.11. The average Bonchev–Trinajstić information content (AvgIpc) is 2.69. The standard InChI is InChI=1S/C21H22IN3O3/c1-13-9-17(22)6-7-18(13)25-21(26)16(11-23)12-24-14(2)15-5-8-19(27-3)20(10-15)28-4/h5-10,12,14,24H,1-4H3,(H,25,26)/b16-12-. The number of halogens is 1. The van der Waals surface area contributed by atoms with Gasteiger partial charge in [0.05, 0.1) is 14.2 Å². The number of rotatable bonds is 7. The maximum absolute atomic E-state index is 12.4. The number of aryl methyl sites for hydroxylation is 1. The van der Waals surface area contributed by atoms with Crippen molar-refractivity contribution < 1.29 is 14.3 Å². The van der Waals surface area contributed by atoms with E-state index in [1.807, 2.05) is 56.3 Å². The topological polar surface area (TPSA) is 83.4 Å². The van der Waals surface area contributed by atoms with Crippen molar-refractivity contribution in [1.29, 1.82) is 5.26 Å². The summed E-state index contributed by atoms with van der Waals surface area (Å²) in [5.74, 6) is 0.794. The maximum atomic E-state index is 12.4. The van der Waals surface area contributed by atoms with Crippen LogP contribution in [0, 0.1) is 21.8 Å². The molecule has 0 bridgehead atoms. The van der Waals surface area contributed by atoms with Crippen molar-refractivity contribution in [2.45, 2.75) is 19.9 Å². The van der Waals surface area contributed by atoms with Crippen molar-refractivity contribution >= 4 is 34.2 Å². The lowest BCUT2D eigenvalue weighted by molar-refractivity contribution is -0.112. The van der Waals surface area contributed by atoms with Crippen LogP contribution in [0.2, 0.25) is 0 Å². The number of nitrogens with one attached hydrogen (secondary N) is 2. The molecular weight excluding hydrogens is 469 g/mol. The van der Waals surface area contributed by atoms with Gasteiger partial charge in [-0.3, -0.25) is 4.79 Å². The molecule has 146 valence electrons. The second-order valence-corrected chi connectivity index (χ2v) is 7.33. The van der Waals surface area contributed by atoms with E-state index in [0.717, 1.165) is 14.7 Å². The van der Waals surface area contributed by atoms with Gasteiger partial charge in [-0.25, -0.2) is 0 Å². The van der Waals surface area contributed by atoms with Crippen LogP contribution in [0.1, 0.15) is 24.1 Å². The van der Waals surface area contributed by atoms with Crippen LogP contribution in [0.4, 0.5) is 5.69 Å². The lowest BCUT2D eigenvalue weighted by atomic mass is 10.1. The first-order valence-corrected chi connectivity index (χ1v) is 9.63. The van der Waals surface area contributed by atoms with Gasteiger partial charge in [-0.1, -0.05) is 6.07 Å². The summed E-state index contributed by atoms with van der Waals surface area (Å²) in [5, 5.41) is 15.2. The normalized spacial score (nSPS) is 11.9. The molecule has 0 saturated carbocycles. The van der Waals surface area contributed by atoms with Crippen molar-refractivity contribution in [2.24, 2.45) is 0 Å². The van der Waals surface area contributed by atoms with Crippen molar-refractivity contribution in [1.82, 2.24) is 5.32 Å². The van der Waals surface area contributed by atoms with Gasteiger partial charge < -0.3 is 20.1 Å². The molecule has 1 unspecified atom stereocenters. The molecule has 2 aromatic carbocycles. The zero-order valence-electron chi connectivity index (χ0n) is 16.2. The SMILES string of the molecule is COc1ccc(C(C)N/C=C(/C#N)C(=O)Nc2ccc(I)cc2C)cc1OC. The predicted molar refractivity (Wildman–Crippen MR) is 117 cm³/mol. The summed E-state index contributed by atoms with van der Waals surface area (Å²) < 4.78 is 11.6. The van der Waals surface area contributed by atoms with Crippen molar-refractivity contribution in [2.75, 3.05) is 19.5 Å². The fourth-order valence-corrected chi connectivity index (χ4v) is 3.18. The van der Waals surface area contributed by atoms with E-state index in [0.29, 0.717) is 17.2 Å². The predicted octanol–water partition coefficient (Wildman–Crippen LogP) is 4.31. The Morgan fingerprint density at radius 3 is 2.50 bits per heavy atom. The zero-order chi connectivity index (χ0) is 20.7. The lowest BCUT2D eigenvalue weighted by Gasteiger charge is -2.15. The highest BCUT2D eigenvalue weighted by molar-refractivity contribution is 14.1. The molecule has 0 aromatic heterocycles. The smallest absolute Gasteiger partial charge is 0.267 e. The van der Waals surface area contributed by atoms with Crippen molar-refractivity contribution in [3.8, 4) is 17.6 Å². The van der Waals surface area contributed by atoms with Crippen LogP contribution in [-0.4, -0.2) is 20.1 Å². The molecule has 28 heavy (non-hydrogen) atoms. The second kappa shape index (κ2) is 9.99. The molecule has 0 radical (unpaired) electrons. The number of hydrogen-bond acceptors (Lipinski definition) is 5. The monoisotopic (exact) mass is 491 g/mol. The molecular formula is C21H22IN3O3. The van der Waals surface area contributed by atoms with Crippen molar-refractivity contribution in [3.63, 3.8) is 0 Å². The molecule has 2 aromatic rings. The molecule has 0 heterocycles. The maximum Gasteiger partial charge on any atom is 0.267 e. The third-order valence-corrected chi connectivity index (χ3v) is 4.86. The number of amides is 1. The van der Waals surface area contributed by atoms with E-state index in [9.17, 15) is 10.1 Å². The number of hydrogen-bond donors (Lipinski definition) is 2. The number of carbonyl (C=O) groups excluding carboxylic acids is 1. The summed E-state index contributed by atoms with van der Waals surface area (Å²) in [7, 11) is 3.15. The fraction of sp³-hybridized carbons (Fsp3) is 0.238. The second-order valence-electron chi connectivity index (χ2n) is 6.09. The van der Waals surface area contributed by atoms with E-state index in [2.05, 4.69) is 33.2 Å². The van der Waals surface area contributed by atoms with E-state index >= 15 is 0 Å². The first-order valence-electron chi connectivity index (χ1n) is 8.55. The van der Waals surface area contributed by atoms with Gasteiger partial charge in [-0.2, -0.15) is 5.26 Å². The van der Waals surface area contributed by atoms with Gasteiger partial charge in [0.1, 0.15) is 11.6 Å². The van der Waals surface area contributed by atoms with Gasteiger partial charge in [0.2, 0.25) is 0 Å². The van der Waals surface area contributed by atoms with Crippen LogP contribution >= 0.6 is 22.6 Å². The summed E-state index contributed by atoms with van der Waals surface area (Å²) in [6.07, 6.45) is 1.43. The van der Waals surface area contributed by atoms with Crippen LogP contribution in [-0.2, 0) is 4.79 Å². The number of benzene rings is 2. The first-order chi connectivity index (χ1) is 13.4. The molecule has 7 heteroatoms. The van der Waals surface area contributed by atoms with Crippen LogP contribution < -0.4 is 20.1 Å². The molecule has 0 fully saturated rings. The van der Waals surface area contributed by atoms with Gasteiger partial charge in [0, 0.05) is 21.5 Å². The zero-order valence-corrected chi connectivity index (χ0v) is 18.3. The minimum Gasteiger partial charge on any atom is -0.493 e. The molecule has 2 rings (SSSR count). The number of nitriles is 1. The molecule has 6 nitrogen and oxygen atoms in total. The molecule has 0 aliphatic rings. The Hall–Kier alpha value is -2.73. The molecule has 1 amide bonds. The molecule has 1 atom stereocenters. The van der Waals surface area contributed by atoms with Crippen LogP contribution in [0.5, 0.6) is 11.5 Å². The molecule has 0 aliphatic heterocycles. The van der Waals surface area contributed by atoms with Gasteiger partial charge in [0.15, 0.2) is 11.5 Å². The minimum absolute atomic E-state index is 0.00900. The fourth-order valence-electron chi connectivity index (χ4n) is 2.53. The Kier molecular flexibility index (Phi) is 7.70. The Labute approximate surface area is 178 Å². The minimum atomic E-state index is -0.459. The third kappa shape index (κ3) is 5.39. The van der Waals surface area contributed by atoms with Crippen LogP contribution in [0.15, 0.2) is 48.2 Å². The highest BCUT2D eigenvalue weighted by Crippen LogP contribution is 2.29. The first kappa shape index (κ1) is 21.6. The summed E-state index contributed by atoms with van der Waals surface area (Å²) in [4.78, 5) is 12.4. The molecule has 2 N–H and O–H groups in total. The van der Waals surface area contributed by atoms with E-state index in [4.69, 9.17) is 9.47 Å². The Morgan fingerprint density at radius 1 is 1.18 bits per heavy atom. The quantitative estimate of drug-likeness (QED) is 0.343. The molecule has 0 aliphatic carbocycles. The summed E-state index contributed by atoms with van der Waals surface area (Å²) in [6.45, 7) is 3.83. The Bertz CT molecular complexity index is 935. The highest BCUT2D eigenvalue weighted by Gasteiger charge is 2.13. The molecule has 0 saturated heterocycles. The number of anilines is 1.